The first-order valence-electron chi connectivity index (χ1n) is 11.5. The minimum atomic E-state index is -0.372. The summed E-state index contributed by atoms with van der Waals surface area (Å²) in [6.07, 6.45) is 2.73. The van der Waals surface area contributed by atoms with Crippen molar-refractivity contribution in [3.05, 3.63) is 76.0 Å². The number of benzene rings is 2. The molecular formula is C26H25Cl2N5O2. The van der Waals surface area contributed by atoms with Crippen LogP contribution in [0.25, 0.3) is 22.2 Å². The summed E-state index contributed by atoms with van der Waals surface area (Å²) in [7, 11) is 0. The second-order valence-corrected chi connectivity index (χ2v) is 9.50. The molecule has 4 aromatic rings. The van der Waals surface area contributed by atoms with E-state index < -0.39 is 0 Å². The van der Waals surface area contributed by atoms with Crippen LogP contribution in [-0.4, -0.2) is 51.7 Å². The molecule has 2 atom stereocenters. The first-order valence-corrected chi connectivity index (χ1v) is 12.2. The van der Waals surface area contributed by atoms with E-state index in [2.05, 4.69) is 27.4 Å². The molecule has 1 saturated heterocycles. The molecule has 1 aliphatic heterocycles. The van der Waals surface area contributed by atoms with Crippen LogP contribution in [0.4, 0.5) is 0 Å². The van der Waals surface area contributed by atoms with Gasteiger partial charge in [0.2, 0.25) is 0 Å². The lowest BCUT2D eigenvalue weighted by atomic mass is 10.0. The fraction of sp³-hybridized carbons (Fsp3) is 0.269. The van der Waals surface area contributed by atoms with Gasteiger partial charge in [-0.3, -0.25) is 14.9 Å². The molecule has 0 aliphatic carbocycles. The predicted octanol–water partition coefficient (Wildman–Crippen LogP) is 5.51. The standard InChI is InChI=1S/C26H25Cl2N5O2/c1-15-12-29-9-10-33(15)26(34)18-5-3-17(4-6-18)25-20-11-19(7-8-23(20)31-32-25)35-16(2)24-21(27)13-30-14-22(24)28/h3-8,11,13-16,29H,9-10,12H2,1-2H3,(H,31,32). The smallest absolute Gasteiger partial charge is 0.254 e. The molecule has 0 spiro atoms. The zero-order chi connectivity index (χ0) is 24.5. The van der Waals surface area contributed by atoms with Crippen molar-refractivity contribution in [2.45, 2.75) is 26.0 Å². The summed E-state index contributed by atoms with van der Waals surface area (Å²) in [6, 6.07) is 13.5. The van der Waals surface area contributed by atoms with Gasteiger partial charge < -0.3 is 15.0 Å². The second kappa shape index (κ2) is 9.85. The molecule has 7 nitrogen and oxygen atoms in total. The van der Waals surface area contributed by atoms with Gasteiger partial charge >= 0.3 is 0 Å². The SMILES string of the molecule is CC(Oc1ccc2[nH]nc(-c3ccc(C(=O)N4CCNCC4C)cc3)c2c1)c1c(Cl)cncc1Cl. The van der Waals surface area contributed by atoms with Gasteiger partial charge in [0.25, 0.3) is 5.91 Å². The van der Waals surface area contributed by atoms with Crippen molar-refractivity contribution in [2.24, 2.45) is 0 Å². The van der Waals surface area contributed by atoms with E-state index in [4.69, 9.17) is 27.9 Å². The molecule has 35 heavy (non-hydrogen) atoms. The number of fused-ring (bicyclic) bond motifs is 1. The Morgan fingerprint density at radius 3 is 2.60 bits per heavy atom. The first-order chi connectivity index (χ1) is 16.9. The van der Waals surface area contributed by atoms with Gasteiger partial charge in [-0.2, -0.15) is 5.10 Å². The summed E-state index contributed by atoms with van der Waals surface area (Å²) in [5.74, 6) is 0.714. The maximum Gasteiger partial charge on any atom is 0.254 e. The lowest BCUT2D eigenvalue weighted by Crippen LogP contribution is -2.52. The van der Waals surface area contributed by atoms with Gasteiger partial charge in [-0.15, -0.1) is 0 Å². The third-order valence-corrected chi connectivity index (χ3v) is 6.91. The lowest BCUT2D eigenvalue weighted by molar-refractivity contribution is 0.0656. The number of hydrogen-bond acceptors (Lipinski definition) is 5. The number of nitrogens with one attached hydrogen (secondary N) is 2. The van der Waals surface area contributed by atoms with E-state index >= 15 is 0 Å². The number of aromatic amines is 1. The highest BCUT2D eigenvalue weighted by Crippen LogP contribution is 2.35. The van der Waals surface area contributed by atoms with E-state index in [1.54, 1.807) is 12.4 Å². The van der Waals surface area contributed by atoms with Crippen LogP contribution < -0.4 is 10.1 Å². The Labute approximate surface area is 213 Å². The first kappa shape index (κ1) is 23.6. The quantitative estimate of drug-likeness (QED) is 0.370. The van der Waals surface area contributed by atoms with Crippen LogP contribution >= 0.6 is 23.2 Å². The van der Waals surface area contributed by atoms with Gasteiger partial charge in [-0.25, -0.2) is 0 Å². The number of amides is 1. The predicted molar refractivity (Wildman–Crippen MR) is 138 cm³/mol. The summed E-state index contributed by atoms with van der Waals surface area (Å²) in [5, 5.41) is 12.7. The third kappa shape index (κ3) is 4.72. The Balaban J connectivity index is 1.39. The normalized spacial score (nSPS) is 16.9. The van der Waals surface area contributed by atoms with Crippen LogP contribution in [0.1, 0.15) is 35.9 Å². The lowest BCUT2D eigenvalue weighted by Gasteiger charge is -2.34. The maximum absolute atomic E-state index is 13.0. The zero-order valence-electron chi connectivity index (χ0n) is 19.4. The molecular weight excluding hydrogens is 485 g/mol. The van der Waals surface area contributed by atoms with Crippen molar-refractivity contribution in [3.8, 4) is 17.0 Å². The fourth-order valence-electron chi connectivity index (χ4n) is 4.44. The summed E-state index contributed by atoms with van der Waals surface area (Å²) in [6.45, 7) is 6.29. The molecule has 2 unspecified atom stereocenters. The van der Waals surface area contributed by atoms with Gasteiger partial charge in [0.15, 0.2) is 0 Å². The number of carbonyl (C=O) groups is 1. The number of nitrogens with zero attached hydrogens (tertiary/aromatic N) is 3. The molecule has 1 amide bonds. The number of ether oxygens (including phenoxy) is 1. The summed E-state index contributed by atoms with van der Waals surface area (Å²) >= 11 is 12.6. The van der Waals surface area contributed by atoms with Crippen LogP contribution in [0.15, 0.2) is 54.9 Å². The van der Waals surface area contributed by atoms with E-state index in [0.29, 0.717) is 33.5 Å². The van der Waals surface area contributed by atoms with E-state index in [9.17, 15) is 4.79 Å². The molecule has 3 heterocycles. The van der Waals surface area contributed by atoms with Crippen molar-refractivity contribution in [2.75, 3.05) is 19.6 Å². The monoisotopic (exact) mass is 509 g/mol. The van der Waals surface area contributed by atoms with Gasteiger partial charge in [-0.1, -0.05) is 35.3 Å². The molecule has 0 bridgehead atoms. The van der Waals surface area contributed by atoms with Gasteiger partial charge in [0.1, 0.15) is 17.5 Å². The Kier molecular flexibility index (Phi) is 6.65. The number of H-pyrrole nitrogens is 1. The summed E-state index contributed by atoms with van der Waals surface area (Å²) in [4.78, 5) is 18.9. The molecule has 180 valence electrons. The number of carbonyl (C=O) groups excluding carboxylic acids is 1. The molecule has 2 aromatic heterocycles. The molecule has 0 saturated carbocycles. The Morgan fingerprint density at radius 2 is 1.89 bits per heavy atom. The van der Waals surface area contributed by atoms with Crippen molar-refractivity contribution >= 4 is 40.0 Å². The molecule has 1 aliphatic rings. The average Bonchev–Trinajstić information content (AvgIpc) is 3.27. The fourth-order valence-corrected chi connectivity index (χ4v) is 5.11. The van der Waals surface area contributed by atoms with Crippen molar-refractivity contribution in [1.82, 2.24) is 25.4 Å². The molecule has 0 radical (unpaired) electrons. The number of piperazine rings is 1. The number of halogens is 2. The van der Waals surface area contributed by atoms with Crippen molar-refractivity contribution < 1.29 is 9.53 Å². The van der Waals surface area contributed by atoms with Gasteiger partial charge in [0, 0.05) is 60.1 Å². The topological polar surface area (TPSA) is 83.1 Å². The maximum atomic E-state index is 13.0. The van der Waals surface area contributed by atoms with Crippen molar-refractivity contribution in [1.29, 1.82) is 0 Å². The second-order valence-electron chi connectivity index (χ2n) is 8.69. The third-order valence-electron chi connectivity index (χ3n) is 6.31. The summed E-state index contributed by atoms with van der Waals surface area (Å²) in [5.41, 5.74) is 3.94. The largest absolute Gasteiger partial charge is 0.486 e. The van der Waals surface area contributed by atoms with E-state index in [1.807, 2.05) is 54.3 Å². The highest BCUT2D eigenvalue weighted by Gasteiger charge is 2.24. The number of aromatic nitrogens is 3. The van der Waals surface area contributed by atoms with E-state index in [1.165, 1.54) is 0 Å². The molecule has 2 N–H and O–H groups in total. The number of rotatable bonds is 5. The number of hydrogen-bond donors (Lipinski definition) is 2. The number of pyridine rings is 1. The van der Waals surface area contributed by atoms with E-state index in [0.717, 1.165) is 35.2 Å². The van der Waals surface area contributed by atoms with E-state index in [-0.39, 0.29) is 18.1 Å². The minimum Gasteiger partial charge on any atom is -0.486 e. The Morgan fingerprint density at radius 1 is 1.14 bits per heavy atom. The molecule has 5 rings (SSSR count). The van der Waals surface area contributed by atoms with Gasteiger partial charge in [-0.05, 0) is 44.2 Å². The highest BCUT2D eigenvalue weighted by atomic mass is 35.5. The molecule has 2 aromatic carbocycles. The van der Waals surface area contributed by atoms with Crippen LogP contribution in [0, 0.1) is 0 Å². The minimum absolute atomic E-state index is 0.0514. The average molecular weight is 510 g/mol. The highest BCUT2D eigenvalue weighted by molar-refractivity contribution is 6.35. The van der Waals surface area contributed by atoms with Crippen LogP contribution in [-0.2, 0) is 0 Å². The Bertz CT molecular complexity index is 1350. The molecule has 1 fully saturated rings. The Hall–Kier alpha value is -3.13. The van der Waals surface area contributed by atoms with Crippen molar-refractivity contribution in [3.63, 3.8) is 0 Å². The molecule has 9 heteroatoms. The zero-order valence-corrected chi connectivity index (χ0v) is 20.9. The van der Waals surface area contributed by atoms with Crippen LogP contribution in [0.2, 0.25) is 10.0 Å². The summed E-state index contributed by atoms with van der Waals surface area (Å²) < 4.78 is 6.16. The van der Waals surface area contributed by atoms with Crippen LogP contribution in [0.5, 0.6) is 5.75 Å². The van der Waals surface area contributed by atoms with Gasteiger partial charge in [0.05, 0.1) is 15.6 Å². The van der Waals surface area contributed by atoms with Crippen LogP contribution in [0.3, 0.4) is 0 Å².